The zero-order valence-electron chi connectivity index (χ0n) is 24.4. The Morgan fingerprint density at radius 3 is 2.25 bits per heavy atom. The number of piperidine rings is 1. The Morgan fingerprint density at radius 1 is 1.00 bits per heavy atom. The van der Waals surface area contributed by atoms with E-state index < -0.39 is 39.3 Å². The lowest BCUT2D eigenvalue weighted by Gasteiger charge is -2.41. The van der Waals surface area contributed by atoms with Gasteiger partial charge in [-0.2, -0.15) is 0 Å². The number of sulfonamides is 1. The molecule has 2 aliphatic rings. The van der Waals surface area contributed by atoms with Crippen LogP contribution in [0.1, 0.15) is 36.8 Å². The molecule has 2 atom stereocenters. The van der Waals surface area contributed by atoms with Gasteiger partial charge in [-0.25, -0.2) is 22.3 Å². The van der Waals surface area contributed by atoms with Crippen LogP contribution in [0.25, 0.3) is 0 Å². The van der Waals surface area contributed by atoms with E-state index in [0.29, 0.717) is 24.5 Å². The first kappa shape index (κ1) is 31.4. The number of nitrogens with zero attached hydrogens (tertiary/aromatic N) is 1. The van der Waals surface area contributed by atoms with E-state index in [4.69, 9.17) is 9.47 Å². The summed E-state index contributed by atoms with van der Waals surface area (Å²) in [4.78, 5) is 26.7. The fourth-order valence-electron chi connectivity index (χ4n) is 6.20. The van der Waals surface area contributed by atoms with Crippen LogP contribution >= 0.6 is 0 Å². The van der Waals surface area contributed by atoms with E-state index in [1.165, 1.54) is 0 Å². The molecule has 234 valence electrons. The van der Waals surface area contributed by atoms with Crippen molar-refractivity contribution in [1.82, 2.24) is 14.9 Å². The number of fused-ring (bicyclic) bond motifs is 2. The number of hydrogen-bond donors (Lipinski definition) is 3. The highest BCUT2D eigenvalue weighted by Crippen LogP contribution is 2.50. The third-order valence-electron chi connectivity index (χ3n) is 8.33. The average molecular weight is 626 g/mol. The molecular formula is C32H36FN3O7S. The lowest BCUT2D eigenvalue weighted by molar-refractivity contribution is -0.126. The van der Waals surface area contributed by atoms with Crippen LogP contribution in [0.2, 0.25) is 0 Å². The number of halogens is 1. The van der Waals surface area contributed by atoms with Crippen LogP contribution in [0.4, 0.5) is 9.18 Å². The summed E-state index contributed by atoms with van der Waals surface area (Å²) >= 11 is 0. The van der Waals surface area contributed by atoms with Crippen molar-refractivity contribution in [2.24, 2.45) is 5.92 Å². The second-order valence-corrected chi connectivity index (χ2v) is 13.0. The third-order valence-corrected chi connectivity index (χ3v) is 9.87. The number of carboxylic acid groups (broad SMARTS) is 1. The largest absolute Gasteiger partial charge is 0.465 e. The number of para-hydroxylation sites is 2. The predicted octanol–water partition coefficient (Wildman–Crippen LogP) is 4.50. The SMILES string of the molecule is COCCCCC1(CNC(=O)[C@H]2C[C@@H](NS(=O)(=O)c3ccc(F)cc3)CN(C(=O)O)C2)c2ccccc2Oc2ccccc21. The Balaban J connectivity index is 1.39. The Morgan fingerprint density at radius 2 is 1.64 bits per heavy atom. The van der Waals surface area contributed by atoms with Gasteiger partial charge < -0.3 is 24.8 Å². The Hall–Kier alpha value is -4.00. The van der Waals surface area contributed by atoms with Gasteiger partial charge in [-0.3, -0.25) is 4.79 Å². The maximum atomic E-state index is 13.8. The van der Waals surface area contributed by atoms with Crippen LogP contribution in [-0.4, -0.2) is 69.8 Å². The summed E-state index contributed by atoms with van der Waals surface area (Å²) in [6, 6.07) is 19.0. The van der Waals surface area contributed by atoms with Gasteiger partial charge in [0.15, 0.2) is 0 Å². The molecule has 0 bridgehead atoms. The van der Waals surface area contributed by atoms with E-state index in [1.54, 1.807) is 7.11 Å². The van der Waals surface area contributed by atoms with Gasteiger partial charge >= 0.3 is 6.09 Å². The summed E-state index contributed by atoms with van der Waals surface area (Å²) in [5.74, 6) is -0.354. The standard InChI is InChI=1S/C32H36FN3O7S/c1-42-17-7-6-16-32(26-8-2-4-10-28(26)43-29-11-5-3-9-27(29)32)21-34-30(37)22-18-24(20-36(19-22)31(38)39)35-44(40,41)25-14-12-23(33)13-15-25/h2-5,8-15,22,24,35H,6-7,16-21H2,1H3,(H,34,37)(H,38,39)/t22-,24+/m0/s1. The zero-order chi connectivity index (χ0) is 31.3. The number of unbranched alkanes of at least 4 members (excludes halogenated alkanes) is 1. The molecule has 0 spiro atoms. The van der Waals surface area contributed by atoms with Gasteiger partial charge in [0.05, 0.1) is 10.8 Å². The summed E-state index contributed by atoms with van der Waals surface area (Å²) in [5, 5.41) is 12.9. The zero-order valence-corrected chi connectivity index (χ0v) is 25.2. The maximum Gasteiger partial charge on any atom is 0.407 e. The average Bonchev–Trinajstić information content (AvgIpc) is 3.01. The van der Waals surface area contributed by atoms with E-state index in [9.17, 15) is 27.5 Å². The van der Waals surface area contributed by atoms with Gasteiger partial charge in [0.25, 0.3) is 0 Å². The fraction of sp³-hybridized carbons (Fsp3) is 0.375. The molecule has 44 heavy (non-hydrogen) atoms. The number of rotatable bonds is 11. The maximum absolute atomic E-state index is 13.8. The second kappa shape index (κ2) is 13.3. The number of benzene rings is 3. The van der Waals surface area contributed by atoms with Crippen LogP contribution in [0.5, 0.6) is 11.5 Å². The van der Waals surface area contributed by atoms with Crippen LogP contribution < -0.4 is 14.8 Å². The Kier molecular flexibility index (Phi) is 9.52. The van der Waals surface area contributed by atoms with E-state index in [0.717, 1.165) is 53.1 Å². The van der Waals surface area contributed by atoms with Crippen molar-refractivity contribution in [1.29, 1.82) is 0 Å². The quantitative estimate of drug-likeness (QED) is 0.267. The van der Waals surface area contributed by atoms with Gasteiger partial charge in [0, 0.05) is 55.9 Å². The van der Waals surface area contributed by atoms with E-state index in [2.05, 4.69) is 10.0 Å². The highest BCUT2D eigenvalue weighted by molar-refractivity contribution is 7.89. The van der Waals surface area contributed by atoms with Crippen molar-refractivity contribution in [3.8, 4) is 11.5 Å². The summed E-state index contributed by atoms with van der Waals surface area (Å²) in [5.41, 5.74) is 1.26. The second-order valence-electron chi connectivity index (χ2n) is 11.2. The van der Waals surface area contributed by atoms with Gasteiger partial charge in [-0.1, -0.05) is 36.4 Å². The van der Waals surface area contributed by atoms with Crippen LogP contribution in [0.3, 0.4) is 0 Å². The number of ether oxygens (including phenoxy) is 2. The highest BCUT2D eigenvalue weighted by atomic mass is 32.2. The van der Waals surface area contributed by atoms with Crippen LogP contribution in [0, 0.1) is 11.7 Å². The molecule has 2 aliphatic heterocycles. The first-order valence-electron chi connectivity index (χ1n) is 14.5. The Labute approximate surface area is 256 Å². The molecule has 0 saturated carbocycles. The topological polar surface area (TPSA) is 134 Å². The van der Waals surface area contributed by atoms with Gasteiger partial charge in [-0.05, 0) is 62.1 Å². The molecule has 3 N–H and O–H groups in total. The first-order chi connectivity index (χ1) is 21.1. The molecule has 2 heterocycles. The third kappa shape index (κ3) is 6.72. The molecule has 1 fully saturated rings. The molecular weight excluding hydrogens is 589 g/mol. The molecule has 0 aromatic heterocycles. The number of amides is 2. The molecule has 0 radical (unpaired) electrons. The van der Waals surface area contributed by atoms with Crippen molar-refractivity contribution >= 4 is 22.0 Å². The number of likely N-dealkylation sites (tertiary alicyclic amines) is 1. The van der Waals surface area contributed by atoms with Crippen molar-refractivity contribution in [2.45, 2.75) is 42.0 Å². The molecule has 1 saturated heterocycles. The van der Waals surface area contributed by atoms with Crippen molar-refractivity contribution in [3.63, 3.8) is 0 Å². The minimum absolute atomic E-state index is 0.0763. The molecule has 2 amide bonds. The van der Waals surface area contributed by atoms with E-state index in [1.807, 2.05) is 48.5 Å². The lowest BCUT2D eigenvalue weighted by atomic mass is 9.69. The van der Waals surface area contributed by atoms with Crippen molar-refractivity contribution < 1.29 is 37.0 Å². The summed E-state index contributed by atoms with van der Waals surface area (Å²) < 4.78 is 53.4. The molecule has 12 heteroatoms. The molecule has 5 rings (SSSR count). The van der Waals surface area contributed by atoms with Crippen LogP contribution in [0.15, 0.2) is 77.7 Å². The normalized spacial score (nSPS) is 18.9. The monoisotopic (exact) mass is 625 g/mol. The molecule has 0 unspecified atom stereocenters. The number of hydrogen-bond acceptors (Lipinski definition) is 6. The number of carbonyl (C=O) groups is 2. The van der Waals surface area contributed by atoms with E-state index >= 15 is 0 Å². The smallest absolute Gasteiger partial charge is 0.407 e. The number of methoxy groups -OCH3 is 1. The number of nitrogens with one attached hydrogen (secondary N) is 2. The first-order valence-corrected chi connectivity index (χ1v) is 16.0. The van der Waals surface area contributed by atoms with Crippen molar-refractivity contribution in [2.75, 3.05) is 33.4 Å². The minimum Gasteiger partial charge on any atom is -0.465 e. The predicted molar refractivity (Wildman–Crippen MR) is 161 cm³/mol. The summed E-state index contributed by atoms with van der Waals surface area (Å²) in [6.07, 6.45) is 1.17. The highest BCUT2D eigenvalue weighted by Gasteiger charge is 2.43. The summed E-state index contributed by atoms with van der Waals surface area (Å²) in [7, 11) is -2.43. The molecule has 3 aromatic rings. The molecule has 10 nitrogen and oxygen atoms in total. The van der Waals surface area contributed by atoms with Gasteiger partial charge in [0.1, 0.15) is 17.3 Å². The van der Waals surface area contributed by atoms with Gasteiger partial charge in [0.2, 0.25) is 15.9 Å². The number of carbonyl (C=O) groups excluding carboxylic acids is 1. The van der Waals surface area contributed by atoms with Crippen molar-refractivity contribution in [3.05, 3.63) is 89.7 Å². The molecule has 0 aliphatic carbocycles. The van der Waals surface area contributed by atoms with Crippen LogP contribution in [-0.2, 0) is 25.0 Å². The van der Waals surface area contributed by atoms with Gasteiger partial charge in [-0.15, -0.1) is 0 Å². The molecule has 3 aromatic carbocycles. The Bertz CT molecular complexity index is 1550. The fourth-order valence-corrected chi connectivity index (χ4v) is 7.44. The minimum atomic E-state index is -4.09. The van der Waals surface area contributed by atoms with E-state index in [-0.39, 0.29) is 36.9 Å². The summed E-state index contributed by atoms with van der Waals surface area (Å²) in [6.45, 7) is 0.629. The lowest BCUT2D eigenvalue weighted by Crippen LogP contribution is -2.56.